The molecule has 0 radical (unpaired) electrons. The normalized spacial score (nSPS) is 10.9. The molecular weight excluding hydrogens is 264 g/mol. The Morgan fingerprint density at radius 3 is 2.65 bits per heavy atom. The van der Waals surface area contributed by atoms with Crippen molar-refractivity contribution < 1.29 is 4.74 Å². The average molecular weight is 280 g/mol. The van der Waals surface area contributed by atoms with Crippen LogP contribution in [0, 0.1) is 0 Å². The second-order valence-corrected chi connectivity index (χ2v) is 4.28. The molecule has 2 rings (SSSR count). The summed E-state index contributed by atoms with van der Waals surface area (Å²) in [6.45, 7) is 1.22. The molecular formula is C11H16N6O3. The summed E-state index contributed by atoms with van der Waals surface area (Å²) in [5.74, 6) is 0. The monoisotopic (exact) mass is 280 g/mol. The molecule has 0 aliphatic rings. The summed E-state index contributed by atoms with van der Waals surface area (Å²) in [5, 5.41) is 10.6. The summed E-state index contributed by atoms with van der Waals surface area (Å²) in [4.78, 5) is 27.7. The highest BCUT2D eigenvalue weighted by molar-refractivity contribution is 5.67. The molecule has 0 amide bonds. The van der Waals surface area contributed by atoms with E-state index in [4.69, 9.17) is 4.74 Å². The van der Waals surface area contributed by atoms with Gasteiger partial charge in [-0.2, -0.15) is 4.98 Å². The third-order valence-electron chi connectivity index (χ3n) is 2.85. The molecule has 2 aromatic rings. The number of hydrogen-bond acceptors (Lipinski definition) is 7. The van der Waals surface area contributed by atoms with Crippen molar-refractivity contribution in [1.29, 1.82) is 0 Å². The van der Waals surface area contributed by atoms with Crippen molar-refractivity contribution in [1.82, 2.24) is 29.6 Å². The van der Waals surface area contributed by atoms with Crippen molar-refractivity contribution in [2.24, 2.45) is 14.1 Å². The van der Waals surface area contributed by atoms with Gasteiger partial charge in [0.15, 0.2) is 11.2 Å². The van der Waals surface area contributed by atoms with E-state index in [1.807, 2.05) is 7.05 Å². The Hall–Kier alpha value is -2.29. The highest BCUT2D eigenvalue weighted by Gasteiger charge is 2.13. The van der Waals surface area contributed by atoms with E-state index < -0.39 is 11.2 Å². The summed E-state index contributed by atoms with van der Waals surface area (Å²) in [6, 6.07) is 0.0318. The van der Waals surface area contributed by atoms with Crippen molar-refractivity contribution in [2.45, 2.75) is 6.42 Å². The smallest absolute Gasteiger partial charge is 0.336 e. The zero-order valence-electron chi connectivity index (χ0n) is 11.6. The van der Waals surface area contributed by atoms with Crippen LogP contribution in [0.3, 0.4) is 0 Å². The van der Waals surface area contributed by atoms with E-state index >= 15 is 0 Å². The molecule has 9 heteroatoms. The molecule has 9 nitrogen and oxygen atoms in total. The van der Waals surface area contributed by atoms with Crippen molar-refractivity contribution in [3.05, 3.63) is 20.8 Å². The molecule has 2 aromatic heterocycles. The Bertz CT molecular complexity index is 735. The molecule has 0 bridgehead atoms. The fourth-order valence-corrected chi connectivity index (χ4v) is 1.71. The van der Waals surface area contributed by atoms with E-state index in [0.29, 0.717) is 6.61 Å². The van der Waals surface area contributed by atoms with E-state index in [-0.39, 0.29) is 17.2 Å². The highest BCUT2D eigenvalue weighted by Crippen LogP contribution is 2.05. The van der Waals surface area contributed by atoms with Gasteiger partial charge < -0.3 is 10.1 Å². The summed E-state index contributed by atoms with van der Waals surface area (Å²) < 4.78 is 7.52. The SMILES string of the molecule is CNCCCOc1nnc2c(n1)c(=O)n(C)c(=O)n2C. The third kappa shape index (κ3) is 2.52. The van der Waals surface area contributed by atoms with Gasteiger partial charge in [-0.1, -0.05) is 5.10 Å². The predicted octanol–water partition coefficient (Wildman–Crippen LogP) is -1.59. The number of hydrogen-bond donors (Lipinski definition) is 1. The quantitative estimate of drug-likeness (QED) is 0.658. The fourth-order valence-electron chi connectivity index (χ4n) is 1.71. The van der Waals surface area contributed by atoms with Gasteiger partial charge in [-0.05, 0) is 20.0 Å². The summed E-state index contributed by atoms with van der Waals surface area (Å²) >= 11 is 0. The van der Waals surface area contributed by atoms with Gasteiger partial charge >= 0.3 is 11.7 Å². The minimum atomic E-state index is -0.516. The molecule has 0 saturated heterocycles. The van der Waals surface area contributed by atoms with Gasteiger partial charge in [0.2, 0.25) is 0 Å². The maximum absolute atomic E-state index is 12.0. The maximum atomic E-state index is 12.0. The highest BCUT2D eigenvalue weighted by atomic mass is 16.5. The van der Waals surface area contributed by atoms with Gasteiger partial charge in [0.05, 0.1) is 6.61 Å². The molecule has 0 aromatic carbocycles. The lowest BCUT2D eigenvalue weighted by Crippen LogP contribution is -2.37. The van der Waals surface area contributed by atoms with Crippen LogP contribution in [0.25, 0.3) is 11.2 Å². The Labute approximate surface area is 114 Å². The van der Waals surface area contributed by atoms with Gasteiger partial charge in [-0.3, -0.25) is 13.9 Å². The van der Waals surface area contributed by atoms with Crippen LogP contribution >= 0.6 is 0 Å². The lowest BCUT2D eigenvalue weighted by atomic mass is 10.4. The van der Waals surface area contributed by atoms with Gasteiger partial charge in [0.1, 0.15) is 0 Å². The molecule has 108 valence electrons. The number of nitrogens with zero attached hydrogens (tertiary/aromatic N) is 5. The standard InChI is InChI=1S/C11H16N6O3/c1-12-5-4-6-20-10-13-7-8(14-15-10)16(2)11(19)17(3)9(7)18/h12H,4-6H2,1-3H3. The lowest BCUT2D eigenvalue weighted by Gasteiger charge is -2.07. The molecule has 0 aliphatic heterocycles. The molecule has 20 heavy (non-hydrogen) atoms. The first-order valence-electron chi connectivity index (χ1n) is 6.14. The van der Waals surface area contributed by atoms with Gasteiger partial charge in [-0.15, -0.1) is 5.10 Å². The largest absolute Gasteiger partial charge is 0.462 e. The molecule has 2 heterocycles. The van der Waals surface area contributed by atoms with Crippen molar-refractivity contribution in [3.8, 4) is 6.01 Å². The Balaban J connectivity index is 2.39. The van der Waals surface area contributed by atoms with Gasteiger partial charge in [0, 0.05) is 14.1 Å². The van der Waals surface area contributed by atoms with E-state index in [1.54, 1.807) is 0 Å². The van der Waals surface area contributed by atoms with E-state index in [2.05, 4.69) is 20.5 Å². The maximum Gasteiger partial charge on any atom is 0.336 e. The number of aromatic nitrogens is 5. The van der Waals surface area contributed by atoms with E-state index in [9.17, 15) is 9.59 Å². The Kier molecular flexibility index (Phi) is 4.08. The molecule has 0 unspecified atom stereocenters. The molecule has 0 saturated carbocycles. The zero-order valence-corrected chi connectivity index (χ0v) is 11.6. The summed E-state index contributed by atoms with van der Waals surface area (Å²) in [6.07, 6.45) is 0.781. The number of rotatable bonds is 5. The third-order valence-corrected chi connectivity index (χ3v) is 2.85. The number of nitrogens with one attached hydrogen (secondary N) is 1. The van der Waals surface area contributed by atoms with Crippen LogP contribution in [0.15, 0.2) is 9.59 Å². The first-order valence-corrected chi connectivity index (χ1v) is 6.14. The van der Waals surface area contributed by atoms with Crippen LogP contribution in [0.2, 0.25) is 0 Å². The fraction of sp³-hybridized carbons (Fsp3) is 0.545. The van der Waals surface area contributed by atoms with Crippen LogP contribution in [-0.2, 0) is 14.1 Å². The molecule has 0 aliphatic carbocycles. The van der Waals surface area contributed by atoms with Crippen LogP contribution < -0.4 is 21.3 Å². The average Bonchev–Trinajstić information content (AvgIpc) is 2.47. The van der Waals surface area contributed by atoms with Crippen LogP contribution in [0.5, 0.6) is 6.01 Å². The second-order valence-electron chi connectivity index (χ2n) is 4.28. The van der Waals surface area contributed by atoms with Crippen LogP contribution in [0.4, 0.5) is 0 Å². The van der Waals surface area contributed by atoms with E-state index in [0.717, 1.165) is 17.5 Å². The molecule has 0 atom stereocenters. The Morgan fingerprint density at radius 1 is 1.20 bits per heavy atom. The molecule has 1 N–H and O–H groups in total. The van der Waals surface area contributed by atoms with Crippen LogP contribution in [0.1, 0.15) is 6.42 Å². The van der Waals surface area contributed by atoms with Gasteiger partial charge in [0.25, 0.3) is 5.56 Å². The minimum Gasteiger partial charge on any atom is -0.462 e. The number of aryl methyl sites for hydroxylation is 1. The van der Waals surface area contributed by atoms with Crippen molar-refractivity contribution >= 4 is 11.2 Å². The van der Waals surface area contributed by atoms with E-state index in [1.165, 1.54) is 18.7 Å². The van der Waals surface area contributed by atoms with Crippen molar-refractivity contribution in [2.75, 3.05) is 20.2 Å². The van der Waals surface area contributed by atoms with Crippen LogP contribution in [-0.4, -0.2) is 44.5 Å². The van der Waals surface area contributed by atoms with Gasteiger partial charge in [-0.25, -0.2) is 4.79 Å². The minimum absolute atomic E-state index is 0.0318. The number of ether oxygens (including phenoxy) is 1. The molecule has 0 fully saturated rings. The lowest BCUT2D eigenvalue weighted by molar-refractivity contribution is 0.283. The molecule has 0 spiro atoms. The predicted molar refractivity (Wildman–Crippen MR) is 71.9 cm³/mol. The topological polar surface area (TPSA) is 104 Å². The second kappa shape index (κ2) is 5.78. The first kappa shape index (κ1) is 14.1. The summed E-state index contributed by atoms with van der Waals surface area (Å²) in [7, 11) is 4.74. The number of fused-ring (bicyclic) bond motifs is 1. The first-order chi connectivity index (χ1) is 9.56. The summed E-state index contributed by atoms with van der Waals surface area (Å²) in [5.41, 5.74) is -0.784. The zero-order chi connectivity index (χ0) is 14.7. The Morgan fingerprint density at radius 2 is 1.95 bits per heavy atom. The van der Waals surface area contributed by atoms with Crippen molar-refractivity contribution in [3.63, 3.8) is 0 Å².